The molecule has 0 saturated heterocycles. The highest BCUT2D eigenvalue weighted by atomic mass is 32.1. The Morgan fingerprint density at radius 2 is 1.94 bits per heavy atom. The van der Waals surface area contributed by atoms with Crippen molar-refractivity contribution >= 4 is 49.2 Å². The lowest BCUT2D eigenvalue weighted by Crippen LogP contribution is -2.21. The normalized spacial score (nSPS) is 12.3. The number of hydrogen-bond donors (Lipinski definition) is 0. The minimum absolute atomic E-state index is 0.113. The summed E-state index contributed by atoms with van der Waals surface area (Å²) in [5, 5.41) is 2.35. The molecule has 0 spiro atoms. The Kier molecular flexibility index (Phi) is 5.35. The molecule has 0 bridgehead atoms. The Bertz CT molecular complexity index is 1680. The molecular formula is C24H16F2N2O4S. The first kappa shape index (κ1) is 21.2. The van der Waals surface area contributed by atoms with E-state index >= 15 is 0 Å². The summed E-state index contributed by atoms with van der Waals surface area (Å²) in [7, 11) is 1.48. The van der Waals surface area contributed by atoms with Gasteiger partial charge in [-0.2, -0.15) is 4.99 Å². The molecule has 0 fully saturated rings. The van der Waals surface area contributed by atoms with E-state index in [-0.39, 0.29) is 33.7 Å². The maximum absolute atomic E-state index is 14.5. The molecule has 2 aromatic heterocycles. The fourth-order valence-corrected chi connectivity index (χ4v) is 4.87. The molecular weight excluding hydrogens is 450 g/mol. The molecule has 0 saturated carbocycles. The number of benzene rings is 3. The highest BCUT2D eigenvalue weighted by Gasteiger charge is 2.17. The molecule has 0 aliphatic carbocycles. The predicted octanol–water partition coefficient (Wildman–Crippen LogP) is 4.63. The monoisotopic (exact) mass is 466 g/mol. The molecule has 6 nitrogen and oxygen atoms in total. The summed E-state index contributed by atoms with van der Waals surface area (Å²) in [6.07, 6.45) is 0. The number of amides is 1. The number of ether oxygens (including phenoxy) is 1. The number of hydrogen-bond acceptors (Lipinski definition) is 5. The van der Waals surface area contributed by atoms with Crippen LogP contribution in [0.3, 0.4) is 0 Å². The van der Waals surface area contributed by atoms with Gasteiger partial charge in [-0.3, -0.25) is 4.79 Å². The Morgan fingerprint density at radius 3 is 2.76 bits per heavy atom. The standard InChI is InChI=1S/C24H16F2N2O4S/c1-31-9-8-28-21-18(26)10-14(25)11-20(21)33-24(28)27-22(29)17-12-16-15-5-3-2-4-13(15)6-7-19(16)32-23(17)30/h2-7,10-12H,8-9H2,1H3. The van der Waals surface area contributed by atoms with Crippen molar-refractivity contribution in [2.75, 3.05) is 13.7 Å². The highest BCUT2D eigenvalue weighted by molar-refractivity contribution is 7.16. The van der Waals surface area contributed by atoms with Gasteiger partial charge in [0.05, 0.1) is 16.8 Å². The highest BCUT2D eigenvalue weighted by Crippen LogP contribution is 2.25. The molecule has 1 amide bonds. The van der Waals surface area contributed by atoms with Crippen LogP contribution in [-0.2, 0) is 11.3 Å². The molecule has 0 aliphatic rings. The van der Waals surface area contributed by atoms with E-state index in [2.05, 4.69) is 4.99 Å². The van der Waals surface area contributed by atoms with Crippen LogP contribution < -0.4 is 10.4 Å². The molecule has 0 atom stereocenters. The summed E-state index contributed by atoms with van der Waals surface area (Å²) in [5.74, 6) is -2.35. The van der Waals surface area contributed by atoms with Crippen LogP contribution >= 0.6 is 11.3 Å². The van der Waals surface area contributed by atoms with Crippen LogP contribution in [0.15, 0.2) is 68.8 Å². The summed E-state index contributed by atoms with van der Waals surface area (Å²) >= 11 is 0.945. The van der Waals surface area contributed by atoms with Gasteiger partial charge in [-0.05, 0) is 29.0 Å². The van der Waals surface area contributed by atoms with E-state index in [9.17, 15) is 18.4 Å². The van der Waals surface area contributed by atoms with Crippen LogP contribution in [0.5, 0.6) is 0 Å². The van der Waals surface area contributed by atoms with E-state index in [0.717, 1.165) is 28.2 Å². The summed E-state index contributed by atoms with van der Waals surface area (Å²) < 4.78 is 40.4. The summed E-state index contributed by atoms with van der Waals surface area (Å²) in [4.78, 5) is 29.8. The first-order chi connectivity index (χ1) is 16.0. The Balaban J connectivity index is 1.71. The topological polar surface area (TPSA) is 73.8 Å². The summed E-state index contributed by atoms with van der Waals surface area (Å²) in [5.41, 5.74) is -0.610. The Morgan fingerprint density at radius 1 is 1.12 bits per heavy atom. The van der Waals surface area contributed by atoms with Crippen LogP contribution in [0.25, 0.3) is 32.0 Å². The van der Waals surface area contributed by atoms with Gasteiger partial charge in [0.25, 0.3) is 5.91 Å². The minimum Gasteiger partial charge on any atom is -0.422 e. The maximum Gasteiger partial charge on any atom is 0.349 e. The summed E-state index contributed by atoms with van der Waals surface area (Å²) in [6, 6.07) is 14.4. The van der Waals surface area contributed by atoms with Gasteiger partial charge in [0, 0.05) is 25.1 Å². The quantitative estimate of drug-likeness (QED) is 0.286. The molecule has 9 heteroatoms. The third kappa shape index (κ3) is 3.75. The number of methoxy groups -OCH3 is 1. The van der Waals surface area contributed by atoms with E-state index in [1.54, 1.807) is 6.07 Å². The number of fused-ring (bicyclic) bond motifs is 4. The van der Waals surface area contributed by atoms with Crippen LogP contribution in [0.2, 0.25) is 0 Å². The fourth-order valence-electron chi connectivity index (χ4n) is 3.77. The van der Waals surface area contributed by atoms with Gasteiger partial charge in [-0.25, -0.2) is 13.6 Å². The van der Waals surface area contributed by atoms with Crippen molar-refractivity contribution in [3.63, 3.8) is 0 Å². The zero-order chi connectivity index (χ0) is 23.1. The molecule has 0 aliphatic heterocycles. The van der Waals surface area contributed by atoms with E-state index in [0.29, 0.717) is 11.0 Å². The number of carbonyl (C=O) groups is 1. The van der Waals surface area contributed by atoms with Gasteiger partial charge in [0.15, 0.2) is 10.6 Å². The lowest BCUT2D eigenvalue weighted by molar-refractivity contribution is 0.0994. The molecule has 5 rings (SSSR count). The Labute approximate surface area is 189 Å². The third-order valence-electron chi connectivity index (χ3n) is 5.28. The van der Waals surface area contributed by atoms with Crippen LogP contribution in [-0.4, -0.2) is 24.2 Å². The number of halogens is 2. The van der Waals surface area contributed by atoms with Gasteiger partial charge in [0.2, 0.25) is 0 Å². The number of aromatic nitrogens is 1. The lowest BCUT2D eigenvalue weighted by atomic mass is 10.0. The van der Waals surface area contributed by atoms with Crippen molar-refractivity contribution in [2.45, 2.75) is 6.54 Å². The number of thiazole rings is 1. The molecule has 3 aromatic carbocycles. The van der Waals surface area contributed by atoms with Crippen molar-refractivity contribution < 1.29 is 22.7 Å². The molecule has 33 heavy (non-hydrogen) atoms. The van der Waals surface area contributed by atoms with Crippen molar-refractivity contribution in [3.05, 3.63) is 87.0 Å². The smallest absolute Gasteiger partial charge is 0.349 e. The minimum atomic E-state index is -0.836. The molecule has 166 valence electrons. The fraction of sp³-hybridized carbons (Fsp3) is 0.125. The van der Waals surface area contributed by atoms with Gasteiger partial charge in [-0.1, -0.05) is 41.7 Å². The maximum atomic E-state index is 14.5. The van der Waals surface area contributed by atoms with Gasteiger partial charge in [-0.15, -0.1) is 0 Å². The molecule has 0 radical (unpaired) electrons. The third-order valence-corrected chi connectivity index (χ3v) is 6.31. The second kappa shape index (κ2) is 8.34. The number of nitrogens with zero attached hydrogens (tertiary/aromatic N) is 2. The van der Waals surface area contributed by atoms with Gasteiger partial charge < -0.3 is 13.7 Å². The van der Waals surface area contributed by atoms with Crippen molar-refractivity contribution in [1.29, 1.82) is 0 Å². The zero-order valence-corrected chi connectivity index (χ0v) is 18.1. The van der Waals surface area contributed by atoms with Crippen molar-refractivity contribution in [2.24, 2.45) is 4.99 Å². The molecule has 0 unspecified atom stereocenters. The van der Waals surface area contributed by atoms with Gasteiger partial charge in [0.1, 0.15) is 17.0 Å². The largest absolute Gasteiger partial charge is 0.422 e. The van der Waals surface area contributed by atoms with Crippen LogP contribution in [0.4, 0.5) is 8.78 Å². The molecule has 2 heterocycles. The number of rotatable bonds is 4. The van der Waals surface area contributed by atoms with Crippen molar-refractivity contribution in [3.8, 4) is 0 Å². The first-order valence-electron chi connectivity index (χ1n) is 9.98. The average Bonchev–Trinajstić information content (AvgIpc) is 3.13. The SMILES string of the molecule is COCCn1c(=NC(=O)c2cc3c(ccc4ccccc43)oc2=O)sc2cc(F)cc(F)c21. The van der Waals surface area contributed by atoms with E-state index in [1.165, 1.54) is 23.8 Å². The first-order valence-corrected chi connectivity index (χ1v) is 10.8. The van der Waals surface area contributed by atoms with E-state index in [1.807, 2.05) is 30.3 Å². The van der Waals surface area contributed by atoms with E-state index < -0.39 is 23.2 Å². The van der Waals surface area contributed by atoms with Gasteiger partial charge >= 0.3 is 5.63 Å². The van der Waals surface area contributed by atoms with Crippen LogP contribution in [0, 0.1) is 11.6 Å². The molecule has 5 aromatic rings. The van der Waals surface area contributed by atoms with Crippen LogP contribution in [0.1, 0.15) is 10.4 Å². The average molecular weight is 466 g/mol. The lowest BCUT2D eigenvalue weighted by Gasteiger charge is -2.05. The molecule has 0 N–H and O–H groups in total. The Hall–Kier alpha value is -3.69. The summed E-state index contributed by atoms with van der Waals surface area (Å²) in [6.45, 7) is 0.399. The zero-order valence-electron chi connectivity index (χ0n) is 17.3. The second-order valence-electron chi connectivity index (χ2n) is 7.33. The van der Waals surface area contributed by atoms with Crippen molar-refractivity contribution in [1.82, 2.24) is 4.57 Å². The number of carbonyl (C=O) groups excluding carboxylic acids is 1. The van der Waals surface area contributed by atoms with E-state index in [4.69, 9.17) is 9.15 Å². The second-order valence-corrected chi connectivity index (χ2v) is 8.34. The predicted molar refractivity (Wildman–Crippen MR) is 121 cm³/mol.